The Kier molecular flexibility index (Phi) is 9.45. The quantitative estimate of drug-likeness (QED) is 0.307. The van der Waals surface area contributed by atoms with E-state index in [-0.39, 0.29) is 30.6 Å². The van der Waals surface area contributed by atoms with Gasteiger partial charge in [0.15, 0.2) is 6.23 Å². The highest BCUT2D eigenvalue weighted by Crippen LogP contribution is 2.38. The minimum Gasteiger partial charge on any atom is -0.405 e. The van der Waals surface area contributed by atoms with Crippen LogP contribution in [0.1, 0.15) is 39.0 Å². The first kappa shape index (κ1) is 30.6. The molecule has 1 aromatic heterocycles. The van der Waals surface area contributed by atoms with Crippen molar-refractivity contribution < 1.29 is 23.8 Å². The number of hydrogen-bond donors (Lipinski definition) is 3. The fraction of sp³-hybridized carbons (Fsp3) is 0.433. The van der Waals surface area contributed by atoms with Gasteiger partial charge in [-0.1, -0.05) is 81.4 Å². The van der Waals surface area contributed by atoms with E-state index in [2.05, 4.69) is 55.3 Å². The van der Waals surface area contributed by atoms with Crippen molar-refractivity contribution in [2.45, 2.75) is 63.7 Å². The molecule has 41 heavy (non-hydrogen) atoms. The third-order valence-electron chi connectivity index (χ3n) is 7.53. The summed E-state index contributed by atoms with van der Waals surface area (Å²) in [6.45, 7) is 8.06. The summed E-state index contributed by atoms with van der Waals surface area (Å²) in [6, 6.07) is 20.2. The number of nitrogens with one attached hydrogen (secondary N) is 2. The highest BCUT2D eigenvalue weighted by atomic mass is 28.4. The lowest BCUT2D eigenvalue weighted by Crippen LogP contribution is -2.67. The molecule has 0 bridgehead atoms. The van der Waals surface area contributed by atoms with Crippen LogP contribution in [0.4, 0.5) is 0 Å². The molecule has 0 saturated carbocycles. The number of aliphatic hydroxyl groups excluding tert-OH is 1. The van der Waals surface area contributed by atoms with E-state index in [1.165, 1.54) is 17.8 Å². The molecule has 1 amide bonds. The van der Waals surface area contributed by atoms with Gasteiger partial charge in [-0.05, 0) is 22.3 Å². The van der Waals surface area contributed by atoms with Crippen LogP contribution in [0.25, 0.3) is 0 Å². The number of aromatic nitrogens is 2. The van der Waals surface area contributed by atoms with Crippen LogP contribution in [0.15, 0.2) is 76.4 Å². The number of carbonyl (C=O) groups excluding carboxylic acids is 1. The van der Waals surface area contributed by atoms with E-state index in [0.717, 1.165) is 10.4 Å². The fourth-order valence-corrected chi connectivity index (χ4v) is 9.99. The Morgan fingerprint density at radius 3 is 2.20 bits per heavy atom. The van der Waals surface area contributed by atoms with Crippen LogP contribution in [-0.4, -0.2) is 67.5 Å². The monoisotopic (exact) mass is 581 g/mol. The van der Waals surface area contributed by atoms with Crippen molar-refractivity contribution in [2.75, 3.05) is 20.3 Å². The van der Waals surface area contributed by atoms with Crippen LogP contribution in [0.5, 0.6) is 0 Å². The standard InChI is InChI=1S/C30H39N3O7Si/c1-20-18-33(29(37)32-27(20)36)28-26(38-17-16-24(34)31-5)25(35)23(40-28)19-39-41(30(2,3)4,21-12-8-6-9-13-21)22-14-10-7-11-15-22/h6-15,18,23,25-26,28,35H,16-17,19H2,1-5H3,(H,31,34)(H,32,36,37)/t23-,25+,26-,28-/m1/s1. The zero-order valence-corrected chi connectivity index (χ0v) is 25.1. The zero-order valence-electron chi connectivity index (χ0n) is 24.1. The summed E-state index contributed by atoms with van der Waals surface area (Å²) in [5.41, 5.74) is -0.890. The van der Waals surface area contributed by atoms with Gasteiger partial charge in [-0.3, -0.25) is 19.1 Å². The molecule has 4 rings (SSSR count). The van der Waals surface area contributed by atoms with Gasteiger partial charge in [-0.25, -0.2) is 4.79 Å². The van der Waals surface area contributed by atoms with Crippen LogP contribution >= 0.6 is 0 Å². The molecule has 1 aliphatic rings. The minimum atomic E-state index is -2.94. The van der Waals surface area contributed by atoms with Crippen LogP contribution in [-0.2, 0) is 18.7 Å². The summed E-state index contributed by atoms with van der Waals surface area (Å²) in [4.78, 5) is 38.9. The van der Waals surface area contributed by atoms with Crippen molar-refractivity contribution in [3.63, 3.8) is 0 Å². The maximum atomic E-state index is 12.8. The Morgan fingerprint density at radius 2 is 1.66 bits per heavy atom. The summed E-state index contributed by atoms with van der Waals surface area (Å²) in [5, 5.41) is 15.8. The Labute approximate surface area is 240 Å². The number of aliphatic hydroxyl groups is 1. The minimum absolute atomic E-state index is 0.000627. The number of nitrogens with zero attached hydrogens (tertiary/aromatic N) is 1. The number of aromatic amines is 1. The zero-order chi connectivity index (χ0) is 29.8. The molecule has 1 fully saturated rings. The third-order valence-corrected chi connectivity index (χ3v) is 12.5. The predicted molar refractivity (Wildman–Crippen MR) is 158 cm³/mol. The summed E-state index contributed by atoms with van der Waals surface area (Å²) in [5.74, 6) is -0.224. The molecule has 220 valence electrons. The second-order valence-corrected chi connectivity index (χ2v) is 15.6. The van der Waals surface area contributed by atoms with Crippen molar-refractivity contribution in [3.05, 3.63) is 93.3 Å². The molecule has 0 aliphatic carbocycles. The van der Waals surface area contributed by atoms with E-state index in [1.807, 2.05) is 36.4 Å². The molecular weight excluding hydrogens is 542 g/mol. The Morgan fingerprint density at radius 1 is 1.07 bits per heavy atom. The molecule has 2 aromatic carbocycles. The number of hydrogen-bond acceptors (Lipinski definition) is 7. The number of amides is 1. The molecule has 3 N–H and O–H groups in total. The molecule has 11 heteroatoms. The smallest absolute Gasteiger partial charge is 0.330 e. The third kappa shape index (κ3) is 6.29. The number of ether oxygens (including phenoxy) is 2. The normalized spacial score (nSPS) is 21.1. The molecule has 1 aliphatic heterocycles. The van der Waals surface area contributed by atoms with Gasteiger partial charge >= 0.3 is 5.69 Å². The average Bonchev–Trinajstić information content (AvgIpc) is 3.26. The van der Waals surface area contributed by atoms with Crippen molar-refractivity contribution in [2.24, 2.45) is 0 Å². The molecule has 10 nitrogen and oxygen atoms in total. The molecule has 0 unspecified atom stereocenters. The number of rotatable bonds is 10. The molecule has 4 atom stereocenters. The summed E-state index contributed by atoms with van der Waals surface area (Å²) >= 11 is 0. The maximum Gasteiger partial charge on any atom is 0.330 e. The van der Waals surface area contributed by atoms with Crippen molar-refractivity contribution in [3.8, 4) is 0 Å². The number of carbonyl (C=O) groups is 1. The van der Waals surface area contributed by atoms with Gasteiger partial charge in [0.05, 0.1) is 13.2 Å². The van der Waals surface area contributed by atoms with Gasteiger partial charge in [-0.2, -0.15) is 0 Å². The molecular formula is C30H39N3O7Si. The number of H-pyrrole nitrogens is 1. The lowest BCUT2D eigenvalue weighted by molar-refractivity contribution is -0.124. The average molecular weight is 582 g/mol. The van der Waals surface area contributed by atoms with Gasteiger partial charge in [0.2, 0.25) is 5.91 Å². The first-order valence-electron chi connectivity index (χ1n) is 13.7. The van der Waals surface area contributed by atoms with Crippen LogP contribution in [0.3, 0.4) is 0 Å². The summed E-state index contributed by atoms with van der Waals surface area (Å²) in [6.07, 6.45) is -2.62. The SMILES string of the molecule is CNC(=O)CCO[C@@H]1[C@@H](O)[C@@H](CO[Si](c2ccccc2)(c2ccccc2)C(C)(C)C)O[C@H]1n1cc(C)c(=O)[nH]c1=O. The second kappa shape index (κ2) is 12.7. The van der Waals surface area contributed by atoms with Gasteiger partial charge in [0, 0.05) is 25.2 Å². The maximum absolute atomic E-state index is 12.8. The van der Waals surface area contributed by atoms with Crippen LogP contribution in [0.2, 0.25) is 5.04 Å². The first-order valence-corrected chi connectivity index (χ1v) is 15.6. The first-order chi connectivity index (χ1) is 19.5. The summed E-state index contributed by atoms with van der Waals surface area (Å²) in [7, 11) is -1.42. The van der Waals surface area contributed by atoms with Crippen LogP contribution in [0, 0.1) is 6.92 Å². The molecule has 1 saturated heterocycles. The van der Waals surface area contributed by atoms with Crippen molar-refractivity contribution in [1.29, 1.82) is 0 Å². The molecule has 0 spiro atoms. The molecule has 0 radical (unpaired) electrons. The van der Waals surface area contributed by atoms with Gasteiger partial charge < -0.3 is 24.3 Å². The Bertz CT molecular complexity index is 1400. The van der Waals surface area contributed by atoms with Gasteiger partial charge in [0.1, 0.15) is 18.3 Å². The Hall–Kier alpha value is -3.35. The van der Waals surface area contributed by atoms with Crippen molar-refractivity contribution in [1.82, 2.24) is 14.9 Å². The highest BCUT2D eigenvalue weighted by Gasteiger charge is 2.52. The van der Waals surface area contributed by atoms with Gasteiger partial charge in [0.25, 0.3) is 13.9 Å². The van der Waals surface area contributed by atoms with Crippen LogP contribution < -0.4 is 26.9 Å². The van der Waals surface area contributed by atoms with E-state index < -0.39 is 44.1 Å². The van der Waals surface area contributed by atoms with Gasteiger partial charge in [-0.15, -0.1) is 0 Å². The lowest BCUT2D eigenvalue weighted by atomic mass is 10.1. The topological polar surface area (TPSA) is 132 Å². The number of benzene rings is 2. The largest absolute Gasteiger partial charge is 0.405 e. The Balaban J connectivity index is 1.70. The van der Waals surface area contributed by atoms with Crippen molar-refractivity contribution >= 4 is 24.6 Å². The predicted octanol–water partition coefficient (Wildman–Crippen LogP) is 1.20. The van der Waals surface area contributed by atoms with E-state index in [9.17, 15) is 19.5 Å². The molecule has 2 heterocycles. The molecule has 3 aromatic rings. The number of aryl methyl sites for hydroxylation is 1. The lowest BCUT2D eigenvalue weighted by Gasteiger charge is -2.43. The van der Waals surface area contributed by atoms with E-state index >= 15 is 0 Å². The summed E-state index contributed by atoms with van der Waals surface area (Å²) < 4.78 is 20.4. The van der Waals surface area contributed by atoms with E-state index in [0.29, 0.717) is 5.56 Å². The highest BCUT2D eigenvalue weighted by molar-refractivity contribution is 6.99. The fourth-order valence-electron chi connectivity index (χ4n) is 5.42. The van der Waals surface area contributed by atoms with E-state index in [1.54, 1.807) is 6.92 Å². The van der Waals surface area contributed by atoms with E-state index in [4.69, 9.17) is 13.9 Å². The second-order valence-electron chi connectivity index (χ2n) is 11.3.